The molecule has 0 unspecified atom stereocenters. The predicted octanol–water partition coefficient (Wildman–Crippen LogP) is 2.38. The molecule has 4 saturated carbocycles. The Balaban J connectivity index is 1.53. The predicted molar refractivity (Wildman–Crippen MR) is 82.4 cm³/mol. The van der Waals surface area contributed by atoms with Crippen LogP contribution in [-0.2, 0) is 0 Å². The van der Waals surface area contributed by atoms with Crippen molar-refractivity contribution in [2.75, 3.05) is 5.73 Å². The molecule has 0 radical (unpaired) electrons. The van der Waals surface area contributed by atoms with Gasteiger partial charge in [-0.05, 0) is 71.7 Å². The number of nitrogens with two attached hydrogens (primary N) is 1. The topological polar surface area (TPSA) is 80.9 Å². The lowest BCUT2D eigenvalue weighted by Gasteiger charge is -2.54. The molecule has 1 aromatic rings. The highest BCUT2D eigenvalue weighted by atomic mass is 79.9. The van der Waals surface area contributed by atoms with Gasteiger partial charge in [0.25, 0.3) is 5.91 Å². The molecule has 5 nitrogen and oxygen atoms in total. The first kappa shape index (κ1) is 13.5. The van der Waals surface area contributed by atoms with Crippen molar-refractivity contribution < 1.29 is 4.79 Å². The van der Waals surface area contributed by atoms with Gasteiger partial charge in [0.2, 0.25) is 0 Å². The van der Waals surface area contributed by atoms with Gasteiger partial charge in [-0.2, -0.15) is 0 Å². The molecule has 1 amide bonds. The normalized spacial score (nSPS) is 36.7. The Hall–Kier alpha value is -1.17. The molecule has 0 aromatic carbocycles. The fourth-order valence-corrected chi connectivity index (χ4v) is 5.20. The molecule has 0 aliphatic heterocycles. The SMILES string of the molecule is Nc1ncc(Br)nc1C(=O)NC1C2CC3CC(C2)CC1C3. The lowest BCUT2D eigenvalue weighted by molar-refractivity contribution is -0.0120. The van der Waals surface area contributed by atoms with E-state index in [1.54, 1.807) is 0 Å². The van der Waals surface area contributed by atoms with Gasteiger partial charge in [-0.15, -0.1) is 0 Å². The van der Waals surface area contributed by atoms with Gasteiger partial charge >= 0.3 is 0 Å². The molecule has 1 aromatic heterocycles. The zero-order chi connectivity index (χ0) is 14.6. The van der Waals surface area contributed by atoms with Crippen LogP contribution < -0.4 is 11.1 Å². The number of rotatable bonds is 2. The molecule has 1 heterocycles. The Morgan fingerprint density at radius 2 is 1.81 bits per heavy atom. The van der Waals surface area contributed by atoms with Crippen LogP contribution in [0.4, 0.5) is 5.82 Å². The van der Waals surface area contributed by atoms with Crippen molar-refractivity contribution in [1.82, 2.24) is 15.3 Å². The van der Waals surface area contributed by atoms with E-state index in [4.69, 9.17) is 5.73 Å². The van der Waals surface area contributed by atoms with Crippen molar-refractivity contribution in [3.05, 3.63) is 16.5 Å². The van der Waals surface area contributed by atoms with E-state index in [0.717, 1.165) is 11.8 Å². The highest BCUT2D eigenvalue weighted by molar-refractivity contribution is 9.10. The summed E-state index contributed by atoms with van der Waals surface area (Å²) in [5.74, 6) is 3.10. The van der Waals surface area contributed by atoms with Crippen LogP contribution in [-0.4, -0.2) is 21.9 Å². The Bertz CT molecular complexity index is 563. The maximum absolute atomic E-state index is 12.5. The second-order valence-electron chi connectivity index (χ2n) is 6.86. The maximum atomic E-state index is 12.5. The number of nitrogen functional groups attached to an aromatic ring is 1. The van der Waals surface area contributed by atoms with E-state index in [1.807, 2.05) is 0 Å². The second-order valence-corrected chi connectivity index (χ2v) is 7.67. The van der Waals surface area contributed by atoms with Crippen molar-refractivity contribution in [3.63, 3.8) is 0 Å². The smallest absolute Gasteiger partial charge is 0.274 e. The van der Waals surface area contributed by atoms with Gasteiger partial charge in [-0.1, -0.05) is 0 Å². The minimum absolute atomic E-state index is 0.182. The van der Waals surface area contributed by atoms with Crippen LogP contribution in [0.15, 0.2) is 10.8 Å². The summed E-state index contributed by atoms with van der Waals surface area (Å²) in [6, 6.07) is 0.297. The average molecular weight is 351 g/mol. The highest BCUT2D eigenvalue weighted by Crippen LogP contribution is 2.53. The van der Waals surface area contributed by atoms with Crippen LogP contribution in [0.1, 0.15) is 42.6 Å². The van der Waals surface area contributed by atoms with Crippen LogP contribution in [0, 0.1) is 23.7 Å². The number of carbonyl (C=O) groups excluding carboxylic acids is 1. The number of nitrogens with one attached hydrogen (secondary N) is 1. The molecule has 4 bridgehead atoms. The molecule has 3 N–H and O–H groups in total. The summed E-state index contributed by atoms with van der Waals surface area (Å²) in [7, 11) is 0. The number of anilines is 1. The number of carbonyl (C=O) groups is 1. The van der Waals surface area contributed by atoms with Crippen LogP contribution in [0.2, 0.25) is 0 Å². The number of nitrogens with zero attached hydrogens (tertiary/aromatic N) is 2. The Labute approximate surface area is 132 Å². The maximum Gasteiger partial charge on any atom is 0.274 e. The summed E-state index contributed by atoms with van der Waals surface area (Å²) in [5, 5.41) is 3.20. The number of amides is 1. The van der Waals surface area contributed by atoms with Crippen LogP contribution >= 0.6 is 15.9 Å². The number of hydrogen-bond acceptors (Lipinski definition) is 4. The first-order valence-corrected chi connectivity index (χ1v) is 8.48. The monoisotopic (exact) mass is 350 g/mol. The third kappa shape index (κ3) is 2.33. The molecule has 4 fully saturated rings. The lowest BCUT2D eigenvalue weighted by atomic mass is 9.54. The zero-order valence-corrected chi connectivity index (χ0v) is 13.3. The van der Waals surface area contributed by atoms with Gasteiger partial charge in [0.1, 0.15) is 4.60 Å². The second kappa shape index (κ2) is 4.93. The van der Waals surface area contributed by atoms with E-state index < -0.39 is 0 Å². The first-order valence-electron chi connectivity index (χ1n) is 7.69. The Morgan fingerprint density at radius 1 is 1.19 bits per heavy atom. The molecule has 112 valence electrons. The highest BCUT2D eigenvalue weighted by Gasteiger charge is 2.48. The molecule has 4 aliphatic rings. The van der Waals surface area contributed by atoms with Crippen molar-refractivity contribution in [2.45, 2.75) is 38.1 Å². The minimum Gasteiger partial charge on any atom is -0.382 e. The van der Waals surface area contributed by atoms with Crippen molar-refractivity contribution in [3.8, 4) is 0 Å². The number of hydrogen-bond donors (Lipinski definition) is 2. The Morgan fingerprint density at radius 3 is 2.43 bits per heavy atom. The summed E-state index contributed by atoms with van der Waals surface area (Å²) < 4.78 is 0.534. The quantitative estimate of drug-likeness (QED) is 0.857. The molecule has 0 atom stereocenters. The van der Waals surface area contributed by atoms with Crippen molar-refractivity contribution in [1.29, 1.82) is 0 Å². The van der Waals surface area contributed by atoms with E-state index >= 15 is 0 Å². The summed E-state index contributed by atoms with van der Waals surface area (Å²) in [6.45, 7) is 0. The molecular weight excluding hydrogens is 332 g/mol. The third-order valence-electron chi connectivity index (χ3n) is 5.51. The molecule has 0 spiro atoms. The van der Waals surface area contributed by atoms with Crippen LogP contribution in [0.5, 0.6) is 0 Å². The van der Waals surface area contributed by atoms with Gasteiger partial charge in [0.05, 0.1) is 6.20 Å². The molecule has 21 heavy (non-hydrogen) atoms. The fraction of sp³-hybridized carbons (Fsp3) is 0.667. The van der Waals surface area contributed by atoms with Crippen LogP contribution in [0.3, 0.4) is 0 Å². The third-order valence-corrected chi connectivity index (χ3v) is 5.89. The van der Waals surface area contributed by atoms with Crippen LogP contribution in [0.25, 0.3) is 0 Å². The minimum atomic E-state index is -0.182. The lowest BCUT2D eigenvalue weighted by Crippen LogP contribution is -2.56. The van der Waals surface area contributed by atoms with Gasteiger partial charge in [0.15, 0.2) is 11.5 Å². The summed E-state index contributed by atoms with van der Waals surface area (Å²) >= 11 is 3.24. The Kier molecular flexibility index (Phi) is 3.17. The van der Waals surface area contributed by atoms with Gasteiger partial charge < -0.3 is 11.1 Å². The molecule has 5 rings (SSSR count). The molecule has 4 aliphatic carbocycles. The van der Waals surface area contributed by atoms with Gasteiger partial charge in [-0.25, -0.2) is 9.97 Å². The van der Waals surface area contributed by atoms with E-state index in [0.29, 0.717) is 22.5 Å². The van der Waals surface area contributed by atoms with Crippen molar-refractivity contribution in [2.24, 2.45) is 23.7 Å². The van der Waals surface area contributed by atoms with Crippen molar-refractivity contribution >= 4 is 27.7 Å². The summed E-state index contributed by atoms with van der Waals surface area (Å²) in [6.07, 6.45) is 8.02. The van der Waals surface area contributed by atoms with E-state index in [2.05, 4.69) is 31.2 Å². The standard InChI is InChI=1S/C15H19BrN4O/c16-11-6-18-14(17)13(19-11)15(21)20-12-9-2-7-1-8(4-9)5-10(12)3-7/h6-10,12H,1-5H2,(H2,17,18)(H,20,21). The summed E-state index contributed by atoms with van der Waals surface area (Å²) in [4.78, 5) is 20.7. The number of aromatic nitrogens is 2. The fourth-order valence-electron chi connectivity index (χ4n) is 4.92. The van der Waals surface area contributed by atoms with E-state index in [1.165, 1.54) is 38.3 Å². The zero-order valence-electron chi connectivity index (χ0n) is 11.8. The average Bonchev–Trinajstić information content (AvgIpc) is 2.44. The van der Waals surface area contributed by atoms with Gasteiger partial charge in [-0.3, -0.25) is 4.79 Å². The largest absolute Gasteiger partial charge is 0.382 e. The molecular formula is C15H19BrN4O. The first-order chi connectivity index (χ1) is 10.1. The van der Waals surface area contributed by atoms with E-state index in [9.17, 15) is 4.79 Å². The molecule has 6 heteroatoms. The molecule has 0 saturated heterocycles. The van der Waals surface area contributed by atoms with Gasteiger partial charge in [0, 0.05) is 6.04 Å². The van der Waals surface area contributed by atoms with E-state index in [-0.39, 0.29) is 17.4 Å². The summed E-state index contributed by atoms with van der Waals surface area (Å²) in [5.41, 5.74) is 6.02. The number of halogens is 1.